The second-order valence-electron chi connectivity index (χ2n) is 3.63. The van der Waals surface area contributed by atoms with Crippen molar-refractivity contribution in [2.24, 2.45) is 0 Å². The van der Waals surface area contributed by atoms with Gasteiger partial charge in [0.05, 0.1) is 6.04 Å². The van der Waals surface area contributed by atoms with Gasteiger partial charge in [-0.2, -0.15) is 0 Å². The molecule has 1 atom stereocenters. The Balaban J connectivity index is 0.00000128. The maximum atomic E-state index is 11.7. The van der Waals surface area contributed by atoms with E-state index < -0.39 is 0 Å². The third kappa shape index (κ3) is 3.40. The number of nitrogens with one attached hydrogen (secondary N) is 2. The number of amides is 1. The zero-order valence-electron chi connectivity index (χ0n) is 9.03. The fourth-order valence-corrected chi connectivity index (χ4v) is 2.46. The number of anilines is 1. The highest BCUT2D eigenvalue weighted by Crippen LogP contribution is 2.13. The summed E-state index contributed by atoms with van der Waals surface area (Å²) in [6.45, 7) is 2.01. The smallest absolute Gasteiger partial charge is 0.242 e. The van der Waals surface area contributed by atoms with E-state index in [0.717, 1.165) is 22.9 Å². The third-order valence-electron chi connectivity index (χ3n) is 2.32. The van der Waals surface area contributed by atoms with Gasteiger partial charge < -0.3 is 5.32 Å². The SMILES string of the molecule is Cc1cccc(NC(=O)[C@H]2CSCN2)c1.Cl. The molecule has 2 N–H and O–H groups in total. The Labute approximate surface area is 106 Å². The lowest BCUT2D eigenvalue weighted by Gasteiger charge is -2.10. The van der Waals surface area contributed by atoms with Crippen LogP contribution in [0.25, 0.3) is 0 Å². The number of hydrogen-bond donors (Lipinski definition) is 2. The van der Waals surface area contributed by atoms with Crippen LogP contribution < -0.4 is 10.6 Å². The van der Waals surface area contributed by atoms with Gasteiger partial charge in [-0.25, -0.2) is 0 Å². The number of carbonyl (C=O) groups excluding carboxylic acids is 1. The number of aryl methyl sites for hydroxylation is 1. The Kier molecular flexibility index (Phi) is 5.12. The van der Waals surface area contributed by atoms with Crippen molar-refractivity contribution in [3.05, 3.63) is 29.8 Å². The van der Waals surface area contributed by atoms with Crippen LogP contribution in [-0.2, 0) is 4.79 Å². The minimum absolute atomic E-state index is 0. The van der Waals surface area contributed by atoms with E-state index in [1.54, 1.807) is 11.8 Å². The van der Waals surface area contributed by atoms with Crippen molar-refractivity contribution in [3.8, 4) is 0 Å². The largest absolute Gasteiger partial charge is 0.325 e. The van der Waals surface area contributed by atoms with E-state index in [1.165, 1.54) is 0 Å². The van der Waals surface area contributed by atoms with Gasteiger partial charge in [-0.15, -0.1) is 24.2 Å². The first-order valence-corrected chi connectivity index (χ1v) is 6.10. The van der Waals surface area contributed by atoms with Crippen LogP contribution in [0.4, 0.5) is 5.69 Å². The molecule has 0 aliphatic carbocycles. The van der Waals surface area contributed by atoms with Crippen molar-refractivity contribution in [1.82, 2.24) is 5.32 Å². The van der Waals surface area contributed by atoms with Crippen LogP contribution in [-0.4, -0.2) is 23.6 Å². The van der Waals surface area contributed by atoms with E-state index in [1.807, 2.05) is 31.2 Å². The van der Waals surface area contributed by atoms with Crippen LogP contribution in [0.3, 0.4) is 0 Å². The van der Waals surface area contributed by atoms with Crippen molar-refractivity contribution < 1.29 is 4.79 Å². The van der Waals surface area contributed by atoms with Crippen LogP contribution in [0.2, 0.25) is 0 Å². The molecule has 0 bridgehead atoms. The Morgan fingerprint density at radius 1 is 1.56 bits per heavy atom. The van der Waals surface area contributed by atoms with E-state index in [2.05, 4.69) is 10.6 Å². The number of rotatable bonds is 2. The lowest BCUT2D eigenvalue weighted by atomic mass is 10.2. The van der Waals surface area contributed by atoms with E-state index in [-0.39, 0.29) is 24.4 Å². The van der Waals surface area contributed by atoms with Gasteiger partial charge in [0.2, 0.25) is 5.91 Å². The molecule has 1 aliphatic heterocycles. The lowest BCUT2D eigenvalue weighted by Crippen LogP contribution is -2.37. The highest BCUT2D eigenvalue weighted by Gasteiger charge is 2.22. The van der Waals surface area contributed by atoms with Crippen LogP contribution >= 0.6 is 24.2 Å². The molecule has 88 valence electrons. The molecule has 1 saturated heterocycles. The van der Waals surface area contributed by atoms with Crippen molar-refractivity contribution >= 4 is 35.8 Å². The van der Waals surface area contributed by atoms with Crippen molar-refractivity contribution in [1.29, 1.82) is 0 Å². The summed E-state index contributed by atoms with van der Waals surface area (Å²) < 4.78 is 0. The average Bonchev–Trinajstić information content (AvgIpc) is 2.70. The minimum atomic E-state index is -0.0458. The second kappa shape index (κ2) is 6.13. The molecule has 1 fully saturated rings. The number of thioether (sulfide) groups is 1. The predicted molar refractivity (Wildman–Crippen MR) is 71.3 cm³/mol. The van der Waals surface area contributed by atoms with Gasteiger partial charge in [0.15, 0.2) is 0 Å². The van der Waals surface area contributed by atoms with Crippen molar-refractivity contribution in [2.75, 3.05) is 16.9 Å². The Morgan fingerprint density at radius 2 is 2.38 bits per heavy atom. The Bertz CT molecular complexity index is 367. The van der Waals surface area contributed by atoms with Gasteiger partial charge in [0, 0.05) is 17.3 Å². The van der Waals surface area contributed by atoms with Crippen LogP contribution in [0, 0.1) is 6.92 Å². The van der Waals surface area contributed by atoms with Gasteiger partial charge in [-0.3, -0.25) is 10.1 Å². The van der Waals surface area contributed by atoms with Gasteiger partial charge in [0.1, 0.15) is 0 Å². The zero-order chi connectivity index (χ0) is 10.7. The standard InChI is InChI=1S/C11H14N2OS.ClH/c1-8-3-2-4-9(5-8)13-11(14)10-6-15-7-12-10;/h2-5,10,12H,6-7H2,1H3,(H,13,14);1H/t10-;/m1./s1. The summed E-state index contributed by atoms with van der Waals surface area (Å²) in [4.78, 5) is 11.7. The van der Waals surface area contributed by atoms with Crippen LogP contribution in [0.5, 0.6) is 0 Å². The molecule has 5 heteroatoms. The summed E-state index contributed by atoms with van der Waals surface area (Å²) in [7, 11) is 0. The number of halogens is 1. The van der Waals surface area contributed by atoms with Gasteiger partial charge in [0.25, 0.3) is 0 Å². The monoisotopic (exact) mass is 258 g/mol. The third-order valence-corrected chi connectivity index (χ3v) is 3.26. The first-order valence-electron chi connectivity index (χ1n) is 4.94. The van der Waals surface area contributed by atoms with Crippen molar-refractivity contribution in [2.45, 2.75) is 13.0 Å². The summed E-state index contributed by atoms with van der Waals surface area (Å²) in [5, 5.41) is 6.05. The first-order chi connectivity index (χ1) is 7.25. The number of benzene rings is 1. The van der Waals surface area contributed by atoms with Crippen LogP contribution in [0.15, 0.2) is 24.3 Å². The molecular formula is C11H15ClN2OS. The van der Waals surface area contributed by atoms with Crippen LogP contribution in [0.1, 0.15) is 5.56 Å². The molecule has 3 nitrogen and oxygen atoms in total. The van der Waals surface area contributed by atoms with E-state index >= 15 is 0 Å². The topological polar surface area (TPSA) is 41.1 Å². The molecule has 0 spiro atoms. The van der Waals surface area contributed by atoms with E-state index in [0.29, 0.717) is 0 Å². The molecule has 0 radical (unpaired) electrons. The highest BCUT2D eigenvalue weighted by atomic mass is 35.5. The van der Waals surface area contributed by atoms with Gasteiger partial charge in [-0.05, 0) is 24.6 Å². The normalized spacial score (nSPS) is 18.9. The molecule has 2 rings (SSSR count). The highest BCUT2D eigenvalue weighted by molar-refractivity contribution is 7.99. The summed E-state index contributed by atoms with van der Waals surface area (Å²) >= 11 is 1.75. The summed E-state index contributed by atoms with van der Waals surface area (Å²) in [5.74, 6) is 1.79. The molecular weight excluding hydrogens is 244 g/mol. The molecule has 0 unspecified atom stereocenters. The van der Waals surface area contributed by atoms with Crippen molar-refractivity contribution in [3.63, 3.8) is 0 Å². The van der Waals surface area contributed by atoms with E-state index in [9.17, 15) is 4.79 Å². The molecule has 0 saturated carbocycles. The summed E-state index contributed by atoms with van der Waals surface area (Å²) in [6, 6.07) is 7.80. The average molecular weight is 259 g/mol. The number of hydrogen-bond acceptors (Lipinski definition) is 3. The molecule has 1 heterocycles. The molecule has 1 aromatic carbocycles. The molecule has 16 heavy (non-hydrogen) atoms. The fraction of sp³-hybridized carbons (Fsp3) is 0.364. The second-order valence-corrected chi connectivity index (χ2v) is 4.66. The molecule has 1 aliphatic rings. The van der Waals surface area contributed by atoms with Gasteiger partial charge >= 0.3 is 0 Å². The van der Waals surface area contributed by atoms with E-state index in [4.69, 9.17) is 0 Å². The Morgan fingerprint density at radius 3 is 3.00 bits per heavy atom. The lowest BCUT2D eigenvalue weighted by molar-refractivity contribution is -0.117. The summed E-state index contributed by atoms with van der Waals surface area (Å²) in [5.41, 5.74) is 2.03. The predicted octanol–water partition coefficient (Wildman–Crippen LogP) is 2.02. The fourth-order valence-electron chi connectivity index (χ4n) is 1.52. The molecule has 0 aromatic heterocycles. The first kappa shape index (κ1) is 13.4. The Hall–Kier alpha value is -0.710. The quantitative estimate of drug-likeness (QED) is 0.853. The van der Waals surface area contributed by atoms with Gasteiger partial charge in [-0.1, -0.05) is 12.1 Å². The maximum Gasteiger partial charge on any atom is 0.242 e. The minimum Gasteiger partial charge on any atom is -0.325 e. The maximum absolute atomic E-state index is 11.7. The summed E-state index contributed by atoms with van der Waals surface area (Å²) in [6.07, 6.45) is 0. The molecule has 1 aromatic rings. The number of carbonyl (C=O) groups is 1. The molecule has 1 amide bonds. The zero-order valence-corrected chi connectivity index (χ0v) is 10.7.